The van der Waals surface area contributed by atoms with Crippen molar-refractivity contribution in [2.45, 2.75) is 6.54 Å². The number of nitrogens with two attached hydrogens (primary N) is 2. The third-order valence-corrected chi connectivity index (χ3v) is 2.37. The number of anilines is 1. The van der Waals surface area contributed by atoms with Gasteiger partial charge < -0.3 is 11.5 Å². The van der Waals surface area contributed by atoms with Crippen LogP contribution in [0.3, 0.4) is 0 Å². The van der Waals surface area contributed by atoms with Crippen molar-refractivity contribution in [2.24, 2.45) is 5.73 Å². The maximum absolute atomic E-state index is 10.5. The number of hydrogen-bond donors (Lipinski definition) is 2. The minimum Gasteiger partial charge on any atom is -0.382 e. The molecule has 0 aliphatic rings. The predicted molar refractivity (Wildman–Crippen MR) is 62.5 cm³/mol. The zero-order valence-electron chi connectivity index (χ0n) is 8.91. The molecule has 0 aliphatic heterocycles. The molecule has 0 atom stereocenters. The second-order valence-electron chi connectivity index (χ2n) is 3.46. The molecular formula is C10H11N5O2. The third-order valence-electron chi connectivity index (χ3n) is 2.37. The van der Waals surface area contributed by atoms with E-state index in [9.17, 15) is 10.1 Å². The SMILES string of the molecule is NCc1cn(-c2ccc([N+](=O)[O-])cc2)nc1N. The van der Waals surface area contributed by atoms with Crippen LogP contribution in [0.4, 0.5) is 11.5 Å². The monoisotopic (exact) mass is 233 g/mol. The largest absolute Gasteiger partial charge is 0.382 e. The lowest BCUT2D eigenvalue weighted by Crippen LogP contribution is -1.98. The fourth-order valence-corrected chi connectivity index (χ4v) is 1.44. The van der Waals surface area contributed by atoms with Crippen LogP contribution in [0.1, 0.15) is 5.56 Å². The van der Waals surface area contributed by atoms with Gasteiger partial charge in [0.2, 0.25) is 0 Å². The lowest BCUT2D eigenvalue weighted by atomic mass is 10.3. The molecule has 0 amide bonds. The van der Waals surface area contributed by atoms with Gasteiger partial charge in [-0.05, 0) is 12.1 Å². The summed E-state index contributed by atoms with van der Waals surface area (Å²) in [5.74, 6) is 0.367. The highest BCUT2D eigenvalue weighted by Gasteiger charge is 2.08. The summed E-state index contributed by atoms with van der Waals surface area (Å²) in [4.78, 5) is 10.0. The molecule has 0 fully saturated rings. The number of benzene rings is 1. The summed E-state index contributed by atoms with van der Waals surface area (Å²) >= 11 is 0. The zero-order chi connectivity index (χ0) is 12.4. The van der Waals surface area contributed by atoms with E-state index in [-0.39, 0.29) is 5.69 Å². The highest BCUT2D eigenvalue weighted by Crippen LogP contribution is 2.17. The first-order chi connectivity index (χ1) is 8.11. The molecule has 1 aromatic carbocycles. The van der Waals surface area contributed by atoms with E-state index in [4.69, 9.17) is 11.5 Å². The van der Waals surface area contributed by atoms with Crippen LogP contribution in [0.2, 0.25) is 0 Å². The number of nitrogens with zero attached hydrogens (tertiary/aromatic N) is 3. The maximum atomic E-state index is 10.5. The van der Waals surface area contributed by atoms with Gasteiger partial charge in [0.15, 0.2) is 0 Å². The molecule has 0 saturated carbocycles. The summed E-state index contributed by atoms with van der Waals surface area (Å²) in [6.07, 6.45) is 1.70. The number of non-ortho nitro benzene ring substituents is 1. The molecule has 0 radical (unpaired) electrons. The van der Waals surface area contributed by atoms with Crippen LogP contribution in [-0.2, 0) is 6.54 Å². The molecule has 17 heavy (non-hydrogen) atoms. The van der Waals surface area contributed by atoms with Crippen LogP contribution in [0, 0.1) is 10.1 Å². The summed E-state index contributed by atoms with van der Waals surface area (Å²) < 4.78 is 1.54. The minimum absolute atomic E-state index is 0.0351. The van der Waals surface area contributed by atoms with Crippen LogP contribution in [-0.4, -0.2) is 14.7 Å². The molecule has 7 nitrogen and oxygen atoms in total. The van der Waals surface area contributed by atoms with Gasteiger partial charge in [0.25, 0.3) is 5.69 Å². The Bertz CT molecular complexity index is 546. The Kier molecular flexibility index (Phi) is 2.75. The lowest BCUT2D eigenvalue weighted by molar-refractivity contribution is -0.384. The highest BCUT2D eigenvalue weighted by atomic mass is 16.6. The summed E-state index contributed by atoms with van der Waals surface area (Å²) in [6.45, 7) is 0.304. The van der Waals surface area contributed by atoms with E-state index in [2.05, 4.69) is 5.10 Å². The number of rotatable bonds is 3. The Hall–Kier alpha value is -2.41. The Morgan fingerprint density at radius 2 is 2.00 bits per heavy atom. The normalized spacial score (nSPS) is 10.4. The van der Waals surface area contributed by atoms with Crippen molar-refractivity contribution in [3.05, 3.63) is 46.1 Å². The molecule has 2 rings (SSSR count). The molecule has 88 valence electrons. The molecule has 1 heterocycles. The van der Waals surface area contributed by atoms with Gasteiger partial charge in [-0.15, -0.1) is 0 Å². The molecule has 4 N–H and O–H groups in total. The number of nitrogen functional groups attached to an aromatic ring is 1. The van der Waals surface area contributed by atoms with Crippen molar-refractivity contribution >= 4 is 11.5 Å². The number of aromatic nitrogens is 2. The molecular weight excluding hydrogens is 222 g/mol. The van der Waals surface area contributed by atoms with Crippen molar-refractivity contribution < 1.29 is 4.92 Å². The molecule has 0 saturated heterocycles. The quantitative estimate of drug-likeness (QED) is 0.601. The number of nitro benzene ring substituents is 1. The van der Waals surface area contributed by atoms with E-state index >= 15 is 0 Å². The Balaban J connectivity index is 2.36. The topological polar surface area (TPSA) is 113 Å². The van der Waals surface area contributed by atoms with Crippen molar-refractivity contribution in [2.75, 3.05) is 5.73 Å². The average molecular weight is 233 g/mol. The van der Waals surface area contributed by atoms with Gasteiger partial charge in [-0.1, -0.05) is 0 Å². The van der Waals surface area contributed by atoms with Crippen molar-refractivity contribution in [1.29, 1.82) is 0 Å². The van der Waals surface area contributed by atoms with E-state index in [1.165, 1.54) is 12.1 Å². The standard InChI is InChI=1S/C10H11N5O2/c11-5-7-6-14(13-10(7)12)8-1-3-9(4-2-8)15(16)17/h1-4,6H,5,11H2,(H2,12,13). The number of hydrogen-bond acceptors (Lipinski definition) is 5. The molecule has 0 bridgehead atoms. The van der Waals surface area contributed by atoms with Gasteiger partial charge >= 0.3 is 0 Å². The predicted octanol–water partition coefficient (Wildman–Crippen LogP) is 0.821. The smallest absolute Gasteiger partial charge is 0.269 e. The van der Waals surface area contributed by atoms with Crippen LogP contribution < -0.4 is 11.5 Å². The van der Waals surface area contributed by atoms with Gasteiger partial charge in [-0.3, -0.25) is 10.1 Å². The van der Waals surface area contributed by atoms with Crippen LogP contribution in [0.15, 0.2) is 30.5 Å². The summed E-state index contributed by atoms with van der Waals surface area (Å²) in [7, 11) is 0. The second-order valence-corrected chi connectivity index (χ2v) is 3.46. The average Bonchev–Trinajstić information content (AvgIpc) is 2.70. The van der Waals surface area contributed by atoms with Gasteiger partial charge in [0, 0.05) is 30.4 Å². The Morgan fingerprint density at radius 1 is 1.35 bits per heavy atom. The molecule has 1 aromatic heterocycles. The zero-order valence-corrected chi connectivity index (χ0v) is 8.91. The van der Waals surface area contributed by atoms with Crippen LogP contribution >= 0.6 is 0 Å². The first-order valence-electron chi connectivity index (χ1n) is 4.90. The van der Waals surface area contributed by atoms with Crippen LogP contribution in [0.25, 0.3) is 5.69 Å². The molecule has 0 spiro atoms. The highest BCUT2D eigenvalue weighted by molar-refractivity contribution is 5.44. The van der Waals surface area contributed by atoms with Gasteiger partial charge in [0.05, 0.1) is 10.6 Å². The van der Waals surface area contributed by atoms with E-state index in [0.29, 0.717) is 18.1 Å². The third kappa shape index (κ3) is 2.08. The fraction of sp³-hybridized carbons (Fsp3) is 0.100. The first kappa shape index (κ1) is 11.1. The summed E-state index contributed by atoms with van der Waals surface area (Å²) in [6, 6.07) is 6.03. The lowest BCUT2D eigenvalue weighted by Gasteiger charge is -1.99. The molecule has 0 unspecified atom stereocenters. The summed E-state index contributed by atoms with van der Waals surface area (Å²) in [5, 5.41) is 14.6. The van der Waals surface area contributed by atoms with E-state index in [1.54, 1.807) is 23.0 Å². The van der Waals surface area contributed by atoms with Crippen molar-refractivity contribution in [1.82, 2.24) is 9.78 Å². The molecule has 0 aliphatic carbocycles. The van der Waals surface area contributed by atoms with E-state index in [1.807, 2.05) is 0 Å². The van der Waals surface area contributed by atoms with Crippen LogP contribution in [0.5, 0.6) is 0 Å². The fourth-order valence-electron chi connectivity index (χ4n) is 1.44. The second kappa shape index (κ2) is 4.22. The van der Waals surface area contributed by atoms with E-state index in [0.717, 1.165) is 5.56 Å². The minimum atomic E-state index is -0.452. The number of nitro groups is 1. The van der Waals surface area contributed by atoms with Gasteiger partial charge in [-0.25, -0.2) is 4.68 Å². The van der Waals surface area contributed by atoms with Crippen molar-refractivity contribution in [3.63, 3.8) is 0 Å². The maximum Gasteiger partial charge on any atom is 0.269 e. The van der Waals surface area contributed by atoms with Gasteiger partial charge in [0.1, 0.15) is 5.82 Å². The van der Waals surface area contributed by atoms with Crippen molar-refractivity contribution in [3.8, 4) is 5.69 Å². The molecule has 7 heteroatoms. The first-order valence-corrected chi connectivity index (χ1v) is 4.90. The van der Waals surface area contributed by atoms with E-state index < -0.39 is 4.92 Å². The van der Waals surface area contributed by atoms with Gasteiger partial charge in [-0.2, -0.15) is 5.10 Å². The summed E-state index contributed by atoms with van der Waals surface area (Å²) in [5.41, 5.74) is 12.6. The Morgan fingerprint density at radius 3 is 2.47 bits per heavy atom. The Labute approximate surface area is 96.8 Å². The molecule has 2 aromatic rings.